The van der Waals surface area contributed by atoms with Crippen LogP contribution in [-0.4, -0.2) is 11.9 Å². The minimum atomic E-state index is -1.10. The van der Waals surface area contributed by atoms with E-state index in [1.807, 2.05) is 13.0 Å². The molecule has 0 fully saturated rings. The Labute approximate surface area is 120 Å². The number of hydrogen-bond donors (Lipinski definition) is 2. The molecule has 1 amide bonds. The molecule has 2 rings (SSSR count). The molecular weight excluding hydrogens is 278 g/mol. The van der Waals surface area contributed by atoms with E-state index in [4.69, 9.17) is 10.2 Å². The molecule has 0 radical (unpaired) electrons. The molecule has 21 heavy (non-hydrogen) atoms. The van der Waals surface area contributed by atoms with E-state index in [2.05, 4.69) is 5.32 Å². The van der Waals surface area contributed by atoms with E-state index in [1.54, 1.807) is 12.3 Å². The summed E-state index contributed by atoms with van der Waals surface area (Å²) in [6.07, 6.45) is 2.91. The average molecular weight is 294 g/mol. The molecule has 0 aliphatic carbocycles. The molecule has 3 N–H and O–H groups in total. The van der Waals surface area contributed by atoms with Gasteiger partial charge in [0.25, 0.3) is 5.91 Å². The van der Waals surface area contributed by atoms with Crippen LogP contribution in [0.2, 0.25) is 0 Å². The maximum absolute atomic E-state index is 13.2. The van der Waals surface area contributed by atoms with Crippen LogP contribution in [0.25, 0.3) is 0 Å². The predicted molar refractivity (Wildman–Crippen MR) is 74.7 cm³/mol. The molecule has 1 unspecified atom stereocenters. The van der Waals surface area contributed by atoms with Crippen LogP contribution in [0.4, 0.5) is 14.5 Å². The number of anilines is 1. The van der Waals surface area contributed by atoms with E-state index in [0.29, 0.717) is 12.8 Å². The molecule has 0 aliphatic heterocycles. The Balaban J connectivity index is 1.96. The average Bonchev–Trinajstić information content (AvgIpc) is 2.93. The van der Waals surface area contributed by atoms with Crippen molar-refractivity contribution in [3.8, 4) is 0 Å². The largest absolute Gasteiger partial charge is 0.469 e. The van der Waals surface area contributed by atoms with Crippen molar-refractivity contribution < 1.29 is 18.0 Å². The van der Waals surface area contributed by atoms with E-state index in [9.17, 15) is 13.6 Å². The van der Waals surface area contributed by atoms with Crippen molar-refractivity contribution in [3.05, 3.63) is 53.5 Å². The predicted octanol–water partition coefficient (Wildman–Crippen LogP) is 2.89. The molecule has 1 aromatic heterocycles. The van der Waals surface area contributed by atoms with Crippen molar-refractivity contribution >= 4 is 11.6 Å². The topological polar surface area (TPSA) is 68.3 Å². The third-order valence-electron chi connectivity index (χ3n) is 3.12. The molecule has 4 nitrogen and oxygen atoms in total. The Hall–Kier alpha value is -2.37. The quantitative estimate of drug-likeness (QED) is 0.833. The SMILES string of the molecule is CC(CCc1ccco1)NC(=O)c1cc(F)c(F)cc1N. The van der Waals surface area contributed by atoms with Crippen LogP contribution in [-0.2, 0) is 6.42 Å². The van der Waals surface area contributed by atoms with E-state index in [0.717, 1.165) is 17.9 Å². The van der Waals surface area contributed by atoms with Crippen LogP contribution < -0.4 is 11.1 Å². The van der Waals surface area contributed by atoms with Crippen molar-refractivity contribution in [1.82, 2.24) is 5.32 Å². The highest BCUT2D eigenvalue weighted by atomic mass is 19.2. The molecule has 1 heterocycles. The lowest BCUT2D eigenvalue weighted by atomic mass is 10.1. The molecule has 1 aromatic carbocycles. The van der Waals surface area contributed by atoms with Gasteiger partial charge in [0.1, 0.15) is 5.76 Å². The molecule has 0 aliphatic rings. The number of aryl methyl sites for hydroxylation is 1. The van der Waals surface area contributed by atoms with Gasteiger partial charge >= 0.3 is 0 Å². The van der Waals surface area contributed by atoms with Crippen LogP contribution in [0, 0.1) is 11.6 Å². The lowest BCUT2D eigenvalue weighted by Gasteiger charge is -2.14. The standard InChI is InChI=1S/C15H16F2N2O2/c1-9(4-5-10-3-2-6-21-10)19-15(20)11-7-12(16)13(17)8-14(11)18/h2-3,6-9H,4-5,18H2,1H3,(H,19,20). The zero-order valence-electron chi connectivity index (χ0n) is 11.5. The normalized spacial score (nSPS) is 12.1. The van der Waals surface area contributed by atoms with Gasteiger partial charge in [-0.1, -0.05) is 0 Å². The zero-order valence-corrected chi connectivity index (χ0v) is 11.5. The smallest absolute Gasteiger partial charge is 0.253 e. The van der Waals surface area contributed by atoms with Crippen LogP contribution in [0.1, 0.15) is 29.5 Å². The number of halogens is 2. The number of amides is 1. The third kappa shape index (κ3) is 3.81. The summed E-state index contributed by atoms with van der Waals surface area (Å²) in [6, 6.07) is 5.09. The third-order valence-corrected chi connectivity index (χ3v) is 3.12. The Morgan fingerprint density at radius 3 is 2.76 bits per heavy atom. The molecule has 0 bridgehead atoms. The van der Waals surface area contributed by atoms with Crippen molar-refractivity contribution in [2.24, 2.45) is 0 Å². The van der Waals surface area contributed by atoms with Gasteiger partial charge in [-0.3, -0.25) is 4.79 Å². The van der Waals surface area contributed by atoms with E-state index in [-0.39, 0.29) is 17.3 Å². The summed E-state index contributed by atoms with van der Waals surface area (Å²) in [5.41, 5.74) is 5.37. The fraction of sp³-hybridized carbons (Fsp3) is 0.267. The molecule has 0 saturated heterocycles. The van der Waals surface area contributed by atoms with E-state index >= 15 is 0 Å². The first-order chi connectivity index (χ1) is 9.97. The highest BCUT2D eigenvalue weighted by molar-refractivity contribution is 5.99. The number of furan rings is 1. The Morgan fingerprint density at radius 1 is 1.38 bits per heavy atom. The second-order valence-electron chi connectivity index (χ2n) is 4.85. The lowest BCUT2D eigenvalue weighted by molar-refractivity contribution is 0.0938. The molecule has 0 saturated carbocycles. The number of nitrogens with one attached hydrogen (secondary N) is 1. The minimum absolute atomic E-state index is 0.0706. The van der Waals surface area contributed by atoms with Gasteiger partial charge < -0.3 is 15.5 Å². The maximum atomic E-state index is 13.2. The number of carbonyl (C=O) groups is 1. The Morgan fingerprint density at radius 2 is 2.10 bits per heavy atom. The number of carbonyl (C=O) groups excluding carboxylic acids is 1. The van der Waals surface area contributed by atoms with Crippen molar-refractivity contribution in [2.75, 3.05) is 5.73 Å². The molecule has 1 atom stereocenters. The summed E-state index contributed by atoms with van der Waals surface area (Å²) < 4.78 is 31.3. The van der Waals surface area contributed by atoms with Gasteiger partial charge in [-0.25, -0.2) is 8.78 Å². The summed E-state index contributed by atoms with van der Waals surface area (Å²) in [4.78, 5) is 12.0. The Kier molecular flexibility index (Phi) is 4.57. The lowest BCUT2D eigenvalue weighted by Crippen LogP contribution is -2.33. The molecule has 2 aromatic rings. The molecular formula is C15H16F2N2O2. The van der Waals surface area contributed by atoms with Crippen LogP contribution >= 0.6 is 0 Å². The highest BCUT2D eigenvalue weighted by Crippen LogP contribution is 2.17. The Bertz CT molecular complexity index is 627. The number of nitrogens with two attached hydrogens (primary N) is 1. The van der Waals surface area contributed by atoms with Gasteiger partial charge in [-0.05, 0) is 31.5 Å². The van der Waals surface area contributed by atoms with Gasteiger partial charge in [0.2, 0.25) is 0 Å². The number of benzene rings is 1. The first-order valence-electron chi connectivity index (χ1n) is 6.55. The monoisotopic (exact) mass is 294 g/mol. The minimum Gasteiger partial charge on any atom is -0.469 e. The number of hydrogen-bond acceptors (Lipinski definition) is 3. The maximum Gasteiger partial charge on any atom is 0.253 e. The highest BCUT2D eigenvalue weighted by Gasteiger charge is 2.16. The zero-order chi connectivity index (χ0) is 15.4. The fourth-order valence-electron chi connectivity index (χ4n) is 1.95. The summed E-state index contributed by atoms with van der Waals surface area (Å²) in [6.45, 7) is 1.82. The van der Waals surface area contributed by atoms with Crippen LogP contribution in [0.5, 0.6) is 0 Å². The molecule has 112 valence electrons. The summed E-state index contributed by atoms with van der Waals surface area (Å²) in [5.74, 6) is -1.88. The van der Waals surface area contributed by atoms with Gasteiger partial charge in [0.05, 0.1) is 11.8 Å². The first-order valence-corrected chi connectivity index (χ1v) is 6.55. The number of rotatable bonds is 5. The first kappa shape index (κ1) is 15.0. The summed E-state index contributed by atoms with van der Waals surface area (Å²) in [7, 11) is 0. The van der Waals surface area contributed by atoms with Gasteiger partial charge in [-0.2, -0.15) is 0 Å². The van der Waals surface area contributed by atoms with Crippen molar-refractivity contribution in [2.45, 2.75) is 25.8 Å². The van der Waals surface area contributed by atoms with E-state index in [1.165, 1.54) is 0 Å². The molecule has 6 heteroatoms. The van der Waals surface area contributed by atoms with Gasteiger partial charge in [0.15, 0.2) is 11.6 Å². The second kappa shape index (κ2) is 6.39. The summed E-state index contributed by atoms with van der Waals surface area (Å²) >= 11 is 0. The second-order valence-corrected chi connectivity index (χ2v) is 4.85. The van der Waals surface area contributed by atoms with Gasteiger partial charge in [0, 0.05) is 24.2 Å². The van der Waals surface area contributed by atoms with Crippen molar-refractivity contribution in [3.63, 3.8) is 0 Å². The molecule has 0 spiro atoms. The van der Waals surface area contributed by atoms with Crippen LogP contribution in [0.15, 0.2) is 34.9 Å². The van der Waals surface area contributed by atoms with Crippen LogP contribution in [0.3, 0.4) is 0 Å². The number of nitrogen functional groups attached to an aromatic ring is 1. The van der Waals surface area contributed by atoms with Gasteiger partial charge in [-0.15, -0.1) is 0 Å². The summed E-state index contributed by atoms with van der Waals surface area (Å²) in [5, 5.41) is 2.70. The van der Waals surface area contributed by atoms with E-state index < -0.39 is 17.5 Å². The van der Waals surface area contributed by atoms with Crippen molar-refractivity contribution in [1.29, 1.82) is 0 Å². The fourth-order valence-corrected chi connectivity index (χ4v) is 1.95.